The van der Waals surface area contributed by atoms with Gasteiger partial charge < -0.3 is 10.0 Å². The van der Waals surface area contributed by atoms with Crippen molar-refractivity contribution in [2.24, 2.45) is 0 Å². The van der Waals surface area contributed by atoms with Gasteiger partial charge in [-0.05, 0) is 48.2 Å². The summed E-state index contributed by atoms with van der Waals surface area (Å²) in [5.41, 5.74) is 3.64. The Kier molecular flexibility index (Phi) is 5.98. The van der Waals surface area contributed by atoms with Gasteiger partial charge in [0.15, 0.2) is 0 Å². The maximum absolute atomic E-state index is 8.93. The van der Waals surface area contributed by atoms with E-state index < -0.39 is 0 Å². The normalized spacial score (nSPS) is 11.0. The van der Waals surface area contributed by atoms with Crippen LogP contribution in [-0.4, -0.2) is 30.3 Å². The topological polar surface area (TPSA) is 36.4 Å². The van der Waals surface area contributed by atoms with Crippen LogP contribution in [0.2, 0.25) is 0 Å². The van der Waals surface area contributed by atoms with Gasteiger partial charge in [0.25, 0.3) is 0 Å². The van der Waals surface area contributed by atoms with Crippen molar-refractivity contribution in [3.05, 3.63) is 66.0 Å². The van der Waals surface area contributed by atoms with Crippen LogP contribution in [0, 0.1) is 0 Å². The van der Waals surface area contributed by atoms with Gasteiger partial charge in [-0.2, -0.15) is 0 Å². The minimum absolute atomic E-state index is 0.174. The second-order valence-electron chi connectivity index (χ2n) is 5.03. The molecule has 2 rings (SSSR count). The second kappa shape index (κ2) is 8.22. The lowest BCUT2D eigenvalue weighted by Gasteiger charge is -2.17. The molecule has 2 aromatic rings. The molecular formula is C18H22N2O. The van der Waals surface area contributed by atoms with Crippen LogP contribution in [0.15, 0.2) is 54.9 Å². The Morgan fingerprint density at radius 1 is 1.10 bits per heavy atom. The Morgan fingerprint density at radius 2 is 1.81 bits per heavy atom. The summed E-state index contributed by atoms with van der Waals surface area (Å²) in [5, 5.41) is 8.93. The zero-order valence-corrected chi connectivity index (χ0v) is 12.4. The number of pyridine rings is 1. The number of benzene rings is 1. The number of rotatable bonds is 7. The number of allylic oxidation sites excluding steroid dienone is 1. The number of aliphatic hydroxyl groups is 1. The fourth-order valence-corrected chi connectivity index (χ4v) is 2.14. The Balaban J connectivity index is 1.84. The van der Waals surface area contributed by atoms with E-state index in [-0.39, 0.29) is 6.61 Å². The molecular weight excluding hydrogens is 260 g/mol. The van der Waals surface area contributed by atoms with Crippen molar-refractivity contribution in [2.75, 3.05) is 25.1 Å². The summed E-state index contributed by atoms with van der Waals surface area (Å²) in [5.74, 6) is 0. The van der Waals surface area contributed by atoms with Crippen LogP contribution in [0.5, 0.6) is 0 Å². The van der Waals surface area contributed by atoms with E-state index in [0.29, 0.717) is 6.54 Å². The summed E-state index contributed by atoms with van der Waals surface area (Å²) < 4.78 is 0. The van der Waals surface area contributed by atoms with Gasteiger partial charge in [-0.15, -0.1) is 0 Å². The summed E-state index contributed by atoms with van der Waals surface area (Å²) in [4.78, 5) is 6.06. The van der Waals surface area contributed by atoms with Crippen LogP contribution < -0.4 is 4.90 Å². The minimum Gasteiger partial charge on any atom is -0.395 e. The Morgan fingerprint density at radius 3 is 2.48 bits per heavy atom. The average Bonchev–Trinajstić information content (AvgIpc) is 2.53. The predicted molar refractivity (Wildman–Crippen MR) is 88.4 cm³/mol. The molecule has 0 aliphatic carbocycles. The van der Waals surface area contributed by atoms with E-state index in [1.165, 1.54) is 11.1 Å². The standard InChI is InChI=1S/C18H22N2O/c1-20(14-15-21)18-8-6-16(7-9-18)4-2-3-5-17-10-12-19-13-11-17/h2,4,6-13,21H,3,5,14-15H2,1H3. The number of likely N-dealkylation sites (N-methyl/N-ethyl adjacent to an activating group) is 1. The molecule has 0 aliphatic rings. The van der Waals surface area contributed by atoms with Crippen molar-refractivity contribution < 1.29 is 5.11 Å². The van der Waals surface area contributed by atoms with E-state index in [4.69, 9.17) is 5.11 Å². The number of hydrogen-bond donors (Lipinski definition) is 1. The molecule has 3 nitrogen and oxygen atoms in total. The quantitative estimate of drug-likeness (QED) is 0.847. The number of anilines is 1. The number of nitrogens with zero attached hydrogens (tertiary/aromatic N) is 2. The van der Waals surface area contributed by atoms with Gasteiger partial charge in [0, 0.05) is 31.7 Å². The Labute approximate surface area is 126 Å². The summed E-state index contributed by atoms with van der Waals surface area (Å²) in [6, 6.07) is 12.5. The largest absolute Gasteiger partial charge is 0.395 e. The molecule has 0 saturated carbocycles. The highest BCUT2D eigenvalue weighted by atomic mass is 16.3. The Hall–Kier alpha value is -2.13. The first kappa shape index (κ1) is 15.3. The lowest BCUT2D eigenvalue weighted by Crippen LogP contribution is -2.20. The molecule has 21 heavy (non-hydrogen) atoms. The monoisotopic (exact) mass is 282 g/mol. The zero-order chi connectivity index (χ0) is 14.9. The van der Waals surface area contributed by atoms with E-state index in [0.717, 1.165) is 18.5 Å². The minimum atomic E-state index is 0.174. The molecule has 1 aromatic carbocycles. The van der Waals surface area contributed by atoms with Crippen LogP contribution in [0.25, 0.3) is 6.08 Å². The fraction of sp³-hybridized carbons (Fsp3) is 0.278. The van der Waals surface area contributed by atoms with E-state index in [2.05, 4.69) is 53.5 Å². The van der Waals surface area contributed by atoms with Crippen molar-refractivity contribution in [2.45, 2.75) is 12.8 Å². The molecule has 3 heteroatoms. The third-order valence-electron chi connectivity index (χ3n) is 3.43. The molecule has 0 atom stereocenters. The first-order chi connectivity index (χ1) is 10.3. The highest BCUT2D eigenvalue weighted by molar-refractivity contribution is 5.55. The molecule has 0 aliphatic heterocycles. The molecule has 0 saturated heterocycles. The molecule has 0 radical (unpaired) electrons. The van der Waals surface area contributed by atoms with Gasteiger partial charge in [-0.25, -0.2) is 0 Å². The maximum Gasteiger partial charge on any atom is 0.0606 e. The van der Waals surface area contributed by atoms with Crippen LogP contribution >= 0.6 is 0 Å². The summed E-state index contributed by atoms with van der Waals surface area (Å²) >= 11 is 0. The van der Waals surface area contributed by atoms with Gasteiger partial charge in [-0.1, -0.05) is 24.3 Å². The van der Waals surface area contributed by atoms with Crippen LogP contribution in [0.1, 0.15) is 17.5 Å². The average molecular weight is 282 g/mol. The van der Waals surface area contributed by atoms with Crippen molar-refractivity contribution in [3.63, 3.8) is 0 Å². The van der Waals surface area contributed by atoms with Crippen molar-refractivity contribution in [1.29, 1.82) is 0 Å². The lowest BCUT2D eigenvalue weighted by molar-refractivity contribution is 0.304. The second-order valence-corrected chi connectivity index (χ2v) is 5.03. The van der Waals surface area contributed by atoms with Crippen LogP contribution in [0.3, 0.4) is 0 Å². The van der Waals surface area contributed by atoms with Crippen LogP contribution in [0.4, 0.5) is 5.69 Å². The predicted octanol–water partition coefficient (Wildman–Crippen LogP) is 3.16. The number of aryl methyl sites for hydroxylation is 1. The zero-order valence-electron chi connectivity index (χ0n) is 12.4. The van der Waals surface area contributed by atoms with E-state index in [1.54, 1.807) is 0 Å². The molecule has 0 spiro atoms. The van der Waals surface area contributed by atoms with Crippen molar-refractivity contribution in [1.82, 2.24) is 4.98 Å². The third-order valence-corrected chi connectivity index (χ3v) is 3.43. The maximum atomic E-state index is 8.93. The van der Waals surface area contributed by atoms with Crippen molar-refractivity contribution in [3.8, 4) is 0 Å². The van der Waals surface area contributed by atoms with E-state index >= 15 is 0 Å². The van der Waals surface area contributed by atoms with Crippen LogP contribution in [-0.2, 0) is 6.42 Å². The number of aliphatic hydroxyl groups excluding tert-OH is 1. The van der Waals surface area contributed by atoms with Gasteiger partial charge >= 0.3 is 0 Å². The molecule has 110 valence electrons. The van der Waals surface area contributed by atoms with E-state index in [1.807, 2.05) is 24.3 Å². The Bertz CT molecular complexity index is 549. The first-order valence-electron chi connectivity index (χ1n) is 7.27. The molecule has 0 bridgehead atoms. The third kappa shape index (κ3) is 5.04. The molecule has 0 unspecified atom stereocenters. The summed E-state index contributed by atoms with van der Waals surface area (Å²) in [6.07, 6.45) is 10.1. The van der Waals surface area contributed by atoms with Gasteiger partial charge in [0.1, 0.15) is 0 Å². The highest BCUT2D eigenvalue weighted by Crippen LogP contribution is 2.14. The molecule has 1 aromatic heterocycles. The first-order valence-corrected chi connectivity index (χ1v) is 7.27. The fourth-order valence-electron chi connectivity index (χ4n) is 2.14. The van der Waals surface area contributed by atoms with Gasteiger partial charge in [0.05, 0.1) is 6.61 Å². The van der Waals surface area contributed by atoms with E-state index in [9.17, 15) is 0 Å². The molecule has 1 heterocycles. The smallest absolute Gasteiger partial charge is 0.0606 e. The summed E-state index contributed by atoms with van der Waals surface area (Å²) in [7, 11) is 1.98. The summed E-state index contributed by atoms with van der Waals surface area (Å²) in [6.45, 7) is 0.828. The van der Waals surface area contributed by atoms with Gasteiger partial charge in [-0.3, -0.25) is 4.98 Å². The molecule has 0 amide bonds. The lowest BCUT2D eigenvalue weighted by atomic mass is 10.1. The SMILES string of the molecule is CN(CCO)c1ccc(C=CCCc2ccncc2)cc1. The highest BCUT2D eigenvalue weighted by Gasteiger charge is 1.98. The molecule has 1 N–H and O–H groups in total. The van der Waals surface area contributed by atoms with Gasteiger partial charge in [0.2, 0.25) is 0 Å². The van der Waals surface area contributed by atoms with Crippen molar-refractivity contribution >= 4 is 11.8 Å². The number of aromatic nitrogens is 1. The molecule has 0 fully saturated rings. The number of hydrogen-bond acceptors (Lipinski definition) is 3.